The number of halogens is 2. The molecule has 0 spiro atoms. The molecule has 0 amide bonds. The number of non-ortho nitro benzene ring substituents is 1. The zero-order valence-corrected chi connectivity index (χ0v) is 14.6. The zero-order chi connectivity index (χ0) is 18.7. The van der Waals surface area contributed by atoms with Gasteiger partial charge in [0.05, 0.1) is 20.7 Å². The zero-order valence-electron chi connectivity index (χ0n) is 13.1. The highest BCUT2D eigenvalue weighted by Crippen LogP contribution is 2.22. The summed E-state index contributed by atoms with van der Waals surface area (Å²) in [7, 11) is 0. The Balaban J connectivity index is 1.54. The molecule has 0 aliphatic heterocycles. The van der Waals surface area contributed by atoms with E-state index in [1.54, 1.807) is 22.9 Å². The fourth-order valence-electron chi connectivity index (χ4n) is 2.15. The van der Waals surface area contributed by atoms with Crippen LogP contribution in [-0.4, -0.2) is 26.9 Å². The van der Waals surface area contributed by atoms with Gasteiger partial charge in [-0.15, -0.1) is 0 Å². The van der Waals surface area contributed by atoms with E-state index in [0.717, 1.165) is 0 Å². The number of esters is 1. The predicted molar refractivity (Wildman–Crippen MR) is 93.6 cm³/mol. The van der Waals surface area contributed by atoms with Gasteiger partial charge >= 0.3 is 5.97 Å². The summed E-state index contributed by atoms with van der Waals surface area (Å²) in [5, 5.41) is 11.4. The first-order valence-corrected chi connectivity index (χ1v) is 8.03. The summed E-state index contributed by atoms with van der Waals surface area (Å²) in [6.07, 6.45) is 3.29. The van der Waals surface area contributed by atoms with Crippen LogP contribution in [0.3, 0.4) is 0 Å². The van der Waals surface area contributed by atoms with Crippen LogP contribution in [0.5, 0.6) is 5.75 Å². The first-order chi connectivity index (χ1) is 12.4. The normalized spacial score (nSPS) is 10.7. The number of nitrogens with zero attached hydrogens (tertiary/aromatic N) is 3. The van der Waals surface area contributed by atoms with Gasteiger partial charge in [-0.3, -0.25) is 10.1 Å². The van der Waals surface area contributed by atoms with Gasteiger partial charge in [0.15, 0.2) is 12.3 Å². The Labute approximate surface area is 157 Å². The van der Waals surface area contributed by atoms with Crippen LogP contribution in [0.4, 0.5) is 5.69 Å². The van der Waals surface area contributed by atoms with Crippen LogP contribution < -0.4 is 4.74 Å². The molecule has 26 heavy (non-hydrogen) atoms. The Hall–Kier alpha value is -2.84. The molecule has 3 aromatic rings. The van der Waals surface area contributed by atoms with E-state index in [1.165, 1.54) is 24.3 Å². The molecule has 0 radical (unpaired) electrons. The van der Waals surface area contributed by atoms with E-state index in [4.69, 9.17) is 32.7 Å². The molecule has 134 valence electrons. The van der Waals surface area contributed by atoms with Crippen molar-refractivity contribution in [3.05, 3.63) is 68.6 Å². The van der Waals surface area contributed by atoms with Gasteiger partial charge in [-0.05, 0) is 18.2 Å². The van der Waals surface area contributed by atoms with Gasteiger partial charge in [-0.2, -0.15) is 0 Å². The molecule has 2 heterocycles. The van der Waals surface area contributed by atoms with E-state index in [2.05, 4.69) is 4.98 Å². The lowest BCUT2D eigenvalue weighted by molar-refractivity contribution is -0.384. The number of carbonyl (C=O) groups excluding carboxylic acids is 1. The number of nitro groups is 1. The van der Waals surface area contributed by atoms with E-state index in [0.29, 0.717) is 27.1 Å². The third-order valence-electron chi connectivity index (χ3n) is 3.31. The van der Waals surface area contributed by atoms with Crippen molar-refractivity contribution in [3.63, 3.8) is 0 Å². The summed E-state index contributed by atoms with van der Waals surface area (Å²) in [6, 6.07) is 6.94. The number of benzene rings is 1. The minimum atomic E-state index is -0.607. The molecule has 10 heteroatoms. The molecule has 0 aliphatic carbocycles. The van der Waals surface area contributed by atoms with E-state index in [-0.39, 0.29) is 18.9 Å². The van der Waals surface area contributed by atoms with Crippen LogP contribution >= 0.6 is 23.2 Å². The highest BCUT2D eigenvalue weighted by Gasteiger charge is 2.11. The summed E-state index contributed by atoms with van der Waals surface area (Å²) in [6.45, 7) is -0.393. The van der Waals surface area contributed by atoms with Gasteiger partial charge in [0.1, 0.15) is 12.4 Å². The Bertz CT molecular complexity index is 972. The molecule has 0 unspecified atom stereocenters. The number of pyridine rings is 1. The van der Waals surface area contributed by atoms with Crippen molar-refractivity contribution in [2.75, 3.05) is 6.61 Å². The molecule has 0 atom stereocenters. The summed E-state index contributed by atoms with van der Waals surface area (Å²) < 4.78 is 12.0. The molecule has 0 fully saturated rings. The van der Waals surface area contributed by atoms with Crippen LogP contribution in [0.2, 0.25) is 10.0 Å². The number of rotatable bonds is 6. The Morgan fingerprint density at radius 2 is 1.96 bits per heavy atom. The Morgan fingerprint density at radius 3 is 2.65 bits per heavy atom. The molecule has 2 aromatic heterocycles. The number of ether oxygens (including phenoxy) is 2. The van der Waals surface area contributed by atoms with Gasteiger partial charge in [0.25, 0.3) is 5.69 Å². The predicted octanol–water partition coefficient (Wildman–Crippen LogP) is 3.67. The third kappa shape index (κ3) is 4.22. The Kier molecular flexibility index (Phi) is 5.24. The van der Waals surface area contributed by atoms with Crippen molar-refractivity contribution in [3.8, 4) is 5.75 Å². The van der Waals surface area contributed by atoms with Crippen molar-refractivity contribution in [1.29, 1.82) is 0 Å². The molecule has 3 rings (SSSR count). The SMILES string of the molecule is O=C(COc1ccc([N+](=O)[O-])cc1)OCc1cn2cc(Cl)cc(Cl)c2n1. The van der Waals surface area contributed by atoms with Gasteiger partial charge in [-0.25, -0.2) is 9.78 Å². The van der Waals surface area contributed by atoms with Crippen LogP contribution in [0.25, 0.3) is 5.65 Å². The average molecular weight is 396 g/mol. The fraction of sp³-hybridized carbons (Fsp3) is 0.125. The average Bonchev–Trinajstić information content (AvgIpc) is 3.01. The highest BCUT2D eigenvalue weighted by molar-refractivity contribution is 6.36. The van der Waals surface area contributed by atoms with Crippen molar-refractivity contribution in [2.24, 2.45) is 0 Å². The maximum absolute atomic E-state index is 11.8. The highest BCUT2D eigenvalue weighted by atomic mass is 35.5. The largest absolute Gasteiger partial charge is 0.482 e. The first kappa shape index (κ1) is 18.0. The minimum Gasteiger partial charge on any atom is -0.482 e. The van der Waals surface area contributed by atoms with Crippen molar-refractivity contribution >= 4 is 40.5 Å². The van der Waals surface area contributed by atoms with Crippen molar-refractivity contribution < 1.29 is 19.2 Å². The van der Waals surface area contributed by atoms with E-state index in [9.17, 15) is 14.9 Å². The van der Waals surface area contributed by atoms with E-state index in [1.807, 2.05) is 0 Å². The molecule has 1 aromatic carbocycles. The number of fused-ring (bicyclic) bond motifs is 1. The topological polar surface area (TPSA) is 96.0 Å². The molecule has 0 aliphatic rings. The number of hydrogen-bond donors (Lipinski definition) is 0. The molecule has 0 N–H and O–H groups in total. The quantitative estimate of drug-likeness (QED) is 0.358. The van der Waals surface area contributed by atoms with Crippen LogP contribution in [-0.2, 0) is 16.1 Å². The van der Waals surface area contributed by atoms with Crippen molar-refractivity contribution in [2.45, 2.75) is 6.61 Å². The summed E-state index contributed by atoms with van der Waals surface area (Å²) >= 11 is 12.0. The van der Waals surface area contributed by atoms with Crippen LogP contribution in [0.1, 0.15) is 5.69 Å². The van der Waals surface area contributed by atoms with Gasteiger partial charge in [0.2, 0.25) is 0 Å². The second kappa shape index (κ2) is 7.59. The number of carbonyl (C=O) groups is 1. The van der Waals surface area contributed by atoms with E-state index < -0.39 is 10.9 Å². The van der Waals surface area contributed by atoms with Crippen LogP contribution in [0.15, 0.2) is 42.7 Å². The number of aromatic nitrogens is 2. The Morgan fingerprint density at radius 1 is 1.23 bits per heavy atom. The summed E-state index contributed by atoms with van der Waals surface area (Å²) in [5.74, 6) is -0.286. The molecule has 0 saturated heterocycles. The molecule has 0 saturated carbocycles. The summed E-state index contributed by atoms with van der Waals surface area (Å²) in [4.78, 5) is 26.1. The molecule has 8 nitrogen and oxygen atoms in total. The maximum Gasteiger partial charge on any atom is 0.344 e. The van der Waals surface area contributed by atoms with Crippen LogP contribution in [0, 0.1) is 10.1 Å². The van der Waals surface area contributed by atoms with E-state index >= 15 is 0 Å². The summed E-state index contributed by atoms with van der Waals surface area (Å²) in [5.41, 5.74) is 0.938. The lowest BCUT2D eigenvalue weighted by Crippen LogP contribution is -2.14. The lowest BCUT2D eigenvalue weighted by atomic mass is 10.3. The maximum atomic E-state index is 11.8. The number of imidazole rings is 1. The molecular formula is C16H11Cl2N3O5. The second-order valence-electron chi connectivity index (χ2n) is 5.17. The third-order valence-corrected chi connectivity index (χ3v) is 3.79. The van der Waals surface area contributed by atoms with Gasteiger partial charge in [-0.1, -0.05) is 23.2 Å². The lowest BCUT2D eigenvalue weighted by Gasteiger charge is -2.05. The smallest absolute Gasteiger partial charge is 0.344 e. The first-order valence-electron chi connectivity index (χ1n) is 7.28. The second-order valence-corrected chi connectivity index (χ2v) is 6.01. The molecule has 0 bridgehead atoms. The standard InChI is InChI=1S/C16H11Cl2N3O5/c17-10-5-14(18)16-19-11(7-20(16)6-10)8-26-15(22)9-25-13-3-1-12(2-4-13)21(23)24/h1-7H,8-9H2. The minimum absolute atomic E-state index is 0.0575. The monoisotopic (exact) mass is 395 g/mol. The van der Waals surface area contributed by atoms with Crippen molar-refractivity contribution in [1.82, 2.24) is 9.38 Å². The molecular weight excluding hydrogens is 385 g/mol. The number of nitro benzene ring substituents is 1. The number of hydrogen-bond acceptors (Lipinski definition) is 6. The van der Waals surface area contributed by atoms with Gasteiger partial charge in [0, 0.05) is 24.5 Å². The fourth-order valence-corrected chi connectivity index (χ4v) is 2.67. The van der Waals surface area contributed by atoms with Gasteiger partial charge < -0.3 is 13.9 Å².